The van der Waals surface area contributed by atoms with E-state index in [2.05, 4.69) is 26.1 Å². The van der Waals surface area contributed by atoms with Crippen LogP contribution in [0.2, 0.25) is 0 Å². The van der Waals surface area contributed by atoms with Crippen molar-refractivity contribution in [2.75, 3.05) is 10.0 Å². The number of hydrogen-bond acceptors (Lipinski definition) is 7. The molecule has 0 radical (unpaired) electrons. The molecule has 0 aliphatic heterocycles. The number of carbonyl (C=O) groups is 1. The minimum atomic E-state index is -3.41. The highest BCUT2D eigenvalue weighted by Crippen LogP contribution is 2.33. The lowest BCUT2D eigenvalue weighted by Crippen LogP contribution is -2.35. The van der Waals surface area contributed by atoms with Gasteiger partial charge in [-0.1, -0.05) is 12.1 Å². The molecule has 0 bridgehead atoms. The average Bonchev–Trinajstić information content (AvgIpc) is 3.54. The molecule has 8 nitrogen and oxygen atoms in total. The van der Waals surface area contributed by atoms with Crippen LogP contribution in [0.3, 0.4) is 0 Å². The Hall–Kier alpha value is -3.29. The number of carbonyl (C=O) groups excluding carboxylic acids is 1. The quantitative estimate of drug-likeness (QED) is 0.543. The van der Waals surface area contributed by atoms with Crippen molar-refractivity contribution < 1.29 is 13.2 Å². The lowest BCUT2D eigenvalue weighted by Gasteiger charge is -2.22. The van der Waals surface area contributed by atoms with Gasteiger partial charge in [0, 0.05) is 34.6 Å². The summed E-state index contributed by atoms with van der Waals surface area (Å²) in [5.41, 5.74) is 1.88. The van der Waals surface area contributed by atoms with Crippen LogP contribution < -0.4 is 10.0 Å². The van der Waals surface area contributed by atoms with Crippen molar-refractivity contribution in [3.8, 4) is 17.2 Å². The molecule has 0 spiro atoms. The van der Waals surface area contributed by atoms with E-state index in [1.165, 1.54) is 0 Å². The summed E-state index contributed by atoms with van der Waals surface area (Å²) in [5, 5.41) is 14.0. The van der Waals surface area contributed by atoms with Gasteiger partial charge in [-0.15, -0.1) is 11.3 Å². The van der Waals surface area contributed by atoms with E-state index in [9.17, 15) is 18.5 Å². The number of nitriles is 1. The summed E-state index contributed by atoms with van der Waals surface area (Å²) < 4.78 is 26.8. The largest absolute Gasteiger partial charge is 0.325 e. The van der Waals surface area contributed by atoms with Crippen molar-refractivity contribution >= 4 is 38.1 Å². The van der Waals surface area contributed by atoms with Gasteiger partial charge in [0.2, 0.25) is 15.9 Å². The van der Waals surface area contributed by atoms with E-state index in [4.69, 9.17) is 0 Å². The average molecular weight is 468 g/mol. The van der Waals surface area contributed by atoms with Crippen LogP contribution in [0, 0.1) is 11.3 Å². The molecule has 10 heteroatoms. The minimum absolute atomic E-state index is 0.250. The Kier molecular flexibility index (Phi) is 5.71. The second-order valence-electron chi connectivity index (χ2n) is 8.08. The smallest absolute Gasteiger partial charge is 0.237 e. The molecule has 4 rings (SSSR count). The Balaban J connectivity index is 1.51. The maximum atomic E-state index is 13.0. The van der Waals surface area contributed by atoms with E-state index >= 15 is 0 Å². The number of nitrogens with zero attached hydrogens (tertiary/aromatic N) is 3. The summed E-state index contributed by atoms with van der Waals surface area (Å²) in [5.74, 6) is -0.322. The van der Waals surface area contributed by atoms with Crippen molar-refractivity contribution in [3.63, 3.8) is 0 Å². The number of benzene rings is 1. The van der Waals surface area contributed by atoms with Gasteiger partial charge >= 0.3 is 0 Å². The third-order valence-corrected chi connectivity index (χ3v) is 7.99. The highest BCUT2D eigenvalue weighted by Gasteiger charge is 2.37. The normalized spacial score (nSPS) is 13.9. The Morgan fingerprint density at radius 3 is 2.72 bits per heavy atom. The molecule has 32 heavy (non-hydrogen) atoms. The van der Waals surface area contributed by atoms with Gasteiger partial charge in [-0.05, 0) is 44.9 Å². The molecule has 2 heterocycles. The van der Waals surface area contributed by atoms with Crippen molar-refractivity contribution in [1.82, 2.24) is 9.97 Å². The number of thiazole rings is 1. The van der Waals surface area contributed by atoms with Gasteiger partial charge in [-0.25, -0.2) is 13.4 Å². The van der Waals surface area contributed by atoms with Gasteiger partial charge in [0.05, 0.1) is 28.0 Å². The van der Waals surface area contributed by atoms with Crippen LogP contribution in [0.25, 0.3) is 11.1 Å². The lowest BCUT2D eigenvalue weighted by atomic mass is 9.89. The van der Waals surface area contributed by atoms with Crippen LogP contribution in [0.1, 0.15) is 37.9 Å². The molecule has 1 aromatic carbocycles. The Labute approximate surface area is 190 Å². The summed E-state index contributed by atoms with van der Waals surface area (Å²) in [6.07, 6.45) is 4.65. The molecule has 1 amide bonds. The standard InChI is InChI=1S/C22H21N5O3S2/c1-22(2,19-13-31-21(26-19)27-32(29,30)17-6-7-17)20(28)25-16-5-8-18(15(10-16)11-23)14-4-3-9-24-12-14/h3-5,8-10,12-13,17H,6-7H2,1-2H3,(H,25,28)(H,26,27). The molecule has 1 aliphatic carbocycles. The predicted molar refractivity (Wildman–Crippen MR) is 124 cm³/mol. The highest BCUT2D eigenvalue weighted by molar-refractivity contribution is 7.93. The van der Waals surface area contributed by atoms with E-state index in [0.717, 1.165) is 22.5 Å². The van der Waals surface area contributed by atoms with E-state index in [-0.39, 0.29) is 16.3 Å². The van der Waals surface area contributed by atoms with Crippen LogP contribution in [0.4, 0.5) is 10.8 Å². The fraction of sp³-hybridized carbons (Fsp3) is 0.273. The monoisotopic (exact) mass is 467 g/mol. The van der Waals surface area contributed by atoms with E-state index < -0.39 is 15.4 Å². The first kappa shape index (κ1) is 21.9. The van der Waals surface area contributed by atoms with Crippen LogP contribution in [0.5, 0.6) is 0 Å². The van der Waals surface area contributed by atoms with E-state index in [1.807, 2.05) is 6.07 Å². The fourth-order valence-electron chi connectivity index (χ4n) is 3.08. The van der Waals surface area contributed by atoms with E-state index in [1.54, 1.807) is 55.9 Å². The molecule has 164 valence electrons. The molecule has 1 aliphatic rings. The summed E-state index contributed by atoms with van der Waals surface area (Å²) in [6.45, 7) is 3.43. The zero-order valence-electron chi connectivity index (χ0n) is 17.5. The number of anilines is 2. The van der Waals surface area contributed by atoms with Gasteiger partial charge in [0.1, 0.15) is 0 Å². The van der Waals surface area contributed by atoms with Gasteiger partial charge in [-0.3, -0.25) is 14.5 Å². The number of pyridine rings is 1. The van der Waals surface area contributed by atoms with Crippen molar-refractivity contribution in [2.45, 2.75) is 37.4 Å². The first-order chi connectivity index (χ1) is 15.2. The molecule has 1 saturated carbocycles. The van der Waals surface area contributed by atoms with Crippen molar-refractivity contribution in [1.29, 1.82) is 5.26 Å². The zero-order chi connectivity index (χ0) is 22.9. The third kappa shape index (κ3) is 4.49. The SMILES string of the molecule is CC(C)(C(=O)Nc1ccc(-c2cccnc2)c(C#N)c1)c1csc(NS(=O)(=O)C2CC2)n1. The van der Waals surface area contributed by atoms with Crippen LogP contribution >= 0.6 is 11.3 Å². The van der Waals surface area contributed by atoms with Gasteiger partial charge < -0.3 is 5.32 Å². The second-order valence-corrected chi connectivity index (χ2v) is 10.9. The Morgan fingerprint density at radius 2 is 2.06 bits per heavy atom. The Bertz CT molecular complexity index is 1310. The molecule has 0 atom stereocenters. The predicted octanol–water partition coefficient (Wildman–Crippen LogP) is 3.90. The summed E-state index contributed by atoms with van der Waals surface area (Å²) in [4.78, 5) is 21.4. The molecule has 2 N–H and O–H groups in total. The third-order valence-electron chi connectivity index (χ3n) is 5.28. The number of nitrogens with one attached hydrogen (secondary N) is 2. The maximum absolute atomic E-state index is 13.0. The molecular weight excluding hydrogens is 446 g/mol. The van der Waals surface area contributed by atoms with Crippen LogP contribution in [-0.2, 0) is 20.2 Å². The summed E-state index contributed by atoms with van der Waals surface area (Å²) in [7, 11) is -3.41. The number of aromatic nitrogens is 2. The van der Waals surface area contributed by atoms with Crippen LogP contribution in [0.15, 0.2) is 48.1 Å². The summed E-state index contributed by atoms with van der Waals surface area (Å²) >= 11 is 1.15. The van der Waals surface area contributed by atoms with Gasteiger partial charge in [0.15, 0.2) is 5.13 Å². The topological polar surface area (TPSA) is 125 Å². The molecule has 3 aromatic rings. The molecule has 2 aromatic heterocycles. The molecule has 1 fully saturated rings. The van der Waals surface area contributed by atoms with Gasteiger partial charge in [-0.2, -0.15) is 5.26 Å². The number of sulfonamides is 1. The second kappa shape index (κ2) is 8.33. The fourth-order valence-corrected chi connectivity index (χ4v) is 5.56. The highest BCUT2D eigenvalue weighted by atomic mass is 32.2. The molecular formula is C22H21N5O3S2. The van der Waals surface area contributed by atoms with Crippen LogP contribution in [-0.4, -0.2) is 29.5 Å². The maximum Gasteiger partial charge on any atom is 0.237 e. The number of hydrogen-bond donors (Lipinski definition) is 2. The number of amides is 1. The van der Waals surface area contributed by atoms with Crippen molar-refractivity contribution in [3.05, 3.63) is 59.4 Å². The first-order valence-electron chi connectivity index (χ1n) is 9.94. The summed E-state index contributed by atoms with van der Waals surface area (Å²) in [6, 6.07) is 10.9. The first-order valence-corrected chi connectivity index (χ1v) is 12.4. The minimum Gasteiger partial charge on any atom is -0.325 e. The van der Waals surface area contributed by atoms with Crippen molar-refractivity contribution in [2.24, 2.45) is 0 Å². The van der Waals surface area contributed by atoms with E-state index in [0.29, 0.717) is 29.8 Å². The number of rotatable bonds is 7. The molecule has 0 saturated heterocycles. The Morgan fingerprint density at radius 1 is 1.28 bits per heavy atom. The van der Waals surface area contributed by atoms with Gasteiger partial charge in [0.25, 0.3) is 0 Å². The lowest BCUT2D eigenvalue weighted by molar-refractivity contribution is -0.120. The zero-order valence-corrected chi connectivity index (χ0v) is 19.1. The molecule has 0 unspecified atom stereocenters.